The third-order valence-electron chi connectivity index (χ3n) is 6.25. The molecule has 0 radical (unpaired) electrons. The molecule has 1 aliphatic carbocycles. The first-order valence-corrected chi connectivity index (χ1v) is 9.66. The highest BCUT2D eigenvalue weighted by atomic mass is 16.4. The van der Waals surface area contributed by atoms with Gasteiger partial charge in [-0.05, 0) is 28.4 Å². The number of hydrogen-bond donors (Lipinski definition) is 2. The minimum Gasteiger partial charge on any atom is -0.480 e. The van der Waals surface area contributed by atoms with Crippen LogP contribution in [0.3, 0.4) is 0 Å². The predicted octanol–water partition coefficient (Wildman–Crippen LogP) is 1.72. The lowest BCUT2D eigenvalue weighted by Gasteiger charge is -2.36. The highest BCUT2D eigenvalue weighted by Gasteiger charge is 2.70. The molecule has 0 spiro atoms. The van der Waals surface area contributed by atoms with Gasteiger partial charge in [0.25, 0.3) is 0 Å². The Kier molecular flexibility index (Phi) is 4.98. The zero-order chi connectivity index (χ0) is 20.9. The van der Waals surface area contributed by atoms with Crippen molar-refractivity contribution in [2.45, 2.75) is 53.1 Å². The highest BCUT2D eigenvalue weighted by Crippen LogP contribution is 2.65. The standard InChI is InChI=1S/C21H29N3O4/c1-20(2,3)17(23-14(25)9-12-7-6-8-22-10-12)18(26)24-11-13-15(21(13,4)5)16(24)19(27)28/h6-8,10,13,15-17H,9,11H2,1-5H3,(H,23,25)(H,27,28)/t13-,15-,16-,17?/m0/s1. The number of aliphatic carboxylic acids is 1. The molecule has 2 N–H and O–H groups in total. The first kappa shape index (κ1) is 20.3. The summed E-state index contributed by atoms with van der Waals surface area (Å²) in [5, 5.41) is 12.6. The summed E-state index contributed by atoms with van der Waals surface area (Å²) in [6.07, 6.45) is 3.37. The van der Waals surface area contributed by atoms with E-state index in [0.29, 0.717) is 6.54 Å². The Hall–Kier alpha value is -2.44. The topological polar surface area (TPSA) is 99.6 Å². The Bertz CT molecular complexity index is 785. The molecule has 1 aliphatic heterocycles. The summed E-state index contributed by atoms with van der Waals surface area (Å²) in [6, 6.07) is 1.94. The Morgan fingerprint density at radius 2 is 2.04 bits per heavy atom. The second-order valence-corrected chi connectivity index (χ2v) is 9.63. The Morgan fingerprint density at radius 3 is 2.57 bits per heavy atom. The number of pyridine rings is 1. The molecule has 0 aromatic carbocycles. The number of carboxylic acid groups (broad SMARTS) is 1. The number of carboxylic acids is 1. The number of amides is 2. The number of nitrogens with zero attached hydrogens (tertiary/aromatic N) is 2. The molecule has 2 heterocycles. The van der Waals surface area contributed by atoms with E-state index in [1.165, 1.54) is 4.90 Å². The SMILES string of the molecule is CC(C)(C)C(NC(=O)Cc1cccnc1)C(=O)N1C[C@H]2[C@@H]([C@H]1C(=O)O)C2(C)C. The summed E-state index contributed by atoms with van der Waals surface area (Å²) in [5.74, 6) is -1.40. The summed E-state index contributed by atoms with van der Waals surface area (Å²) in [5.41, 5.74) is 0.154. The van der Waals surface area contributed by atoms with E-state index in [1.807, 2.05) is 20.8 Å². The quantitative estimate of drug-likeness (QED) is 0.801. The van der Waals surface area contributed by atoms with Crippen LogP contribution in [0.4, 0.5) is 0 Å². The number of likely N-dealkylation sites (tertiary alicyclic amines) is 1. The van der Waals surface area contributed by atoms with Crippen molar-refractivity contribution < 1.29 is 19.5 Å². The van der Waals surface area contributed by atoms with Crippen LogP contribution in [0.1, 0.15) is 40.2 Å². The van der Waals surface area contributed by atoms with E-state index in [9.17, 15) is 19.5 Å². The van der Waals surface area contributed by atoms with Crippen LogP contribution in [-0.2, 0) is 20.8 Å². The molecule has 1 aromatic heterocycles. The molecule has 4 atom stereocenters. The minimum atomic E-state index is -0.972. The minimum absolute atomic E-state index is 0.0272. The lowest BCUT2D eigenvalue weighted by molar-refractivity contribution is -0.152. The molecule has 7 heteroatoms. The molecule has 1 saturated carbocycles. The van der Waals surface area contributed by atoms with E-state index in [4.69, 9.17) is 0 Å². The Labute approximate surface area is 165 Å². The van der Waals surface area contributed by atoms with Crippen molar-refractivity contribution in [2.75, 3.05) is 6.54 Å². The van der Waals surface area contributed by atoms with Crippen LogP contribution < -0.4 is 5.32 Å². The molecule has 2 aliphatic rings. The summed E-state index contributed by atoms with van der Waals surface area (Å²) in [4.78, 5) is 43.2. The molecule has 2 amide bonds. The fraction of sp³-hybridized carbons (Fsp3) is 0.619. The van der Waals surface area contributed by atoms with Gasteiger partial charge in [-0.3, -0.25) is 14.6 Å². The lowest BCUT2D eigenvalue weighted by atomic mass is 9.85. The molecule has 1 unspecified atom stereocenters. The number of piperidine rings is 1. The van der Waals surface area contributed by atoms with E-state index in [0.717, 1.165) is 5.56 Å². The number of carbonyl (C=O) groups is 3. The largest absolute Gasteiger partial charge is 0.480 e. The van der Waals surface area contributed by atoms with Gasteiger partial charge < -0.3 is 15.3 Å². The maximum absolute atomic E-state index is 13.3. The molecule has 0 bridgehead atoms. The van der Waals surface area contributed by atoms with E-state index < -0.39 is 23.5 Å². The third kappa shape index (κ3) is 3.62. The van der Waals surface area contributed by atoms with Crippen molar-refractivity contribution in [1.29, 1.82) is 0 Å². The fourth-order valence-corrected chi connectivity index (χ4v) is 4.51. The number of rotatable bonds is 5. The first-order valence-electron chi connectivity index (χ1n) is 9.66. The van der Waals surface area contributed by atoms with E-state index in [-0.39, 0.29) is 35.5 Å². The van der Waals surface area contributed by atoms with Crippen LogP contribution in [0, 0.1) is 22.7 Å². The third-order valence-corrected chi connectivity index (χ3v) is 6.25. The second kappa shape index (κ2) is 6.87. The zero-order valence-electron chi connectivity index (χ0n) is 17.1. The van der Waals surface area contributed by atoms with Crippen LogP contribution in [0.25, 0.3) is 0 Å². The van der Waals surface area contributed by atoms with Crippen molar-refractivity contribution in [3.63, 3.8) is 0 Å². The molecule has 3 rings (SSSR count). The lowest BCUT2D eigenvalue weighted by Crippen LogP contribution is -2.58. The van der Waals surface area contributed by atoms with Gasteiger partial charge in [0.15, 0.2) is 0 Å². The van der Waals surface area contributed by atoms with Crippen molar-refractivity contribution in [1.82, 2.24) is 15.2 Å². The van der Waals surface area contributed by atoms with Gasteiger partial charge in [-0.15, -0.1) is 0 Å². The predicted molar refractivity (Wildman–Crippen MR) is 103 cm³/mol. The van der Waals surface area contributed by atoms with Crippen LogP contribution in [-0.4, -0.2) is 51.4 Å². The molecule has 2 fully saturated rings. The molecule has 28 heavy (non-hydrogen) atoms. The van der Waals surface area contributed by atoms with E-state index in [1.54, 1.807) is 24.5 Å². The van der Waals surface area contributed by atoms with Crippen LogP contribution in [0.2, 0.25) is 0 Å². The van der Waals surface area contributed by atoms with Crippen molar-refractivity contribution >= 4 is 17.8 Å². The number of aromatic nitrogens is 1. The summed E-state index contributed by atoms with van der Waals surface area (Å²) >= 11 is 0. The number of fused-ring (bicyclic) bond motifs is 1. The highest BCUT2D eigenvalue weighted by molar-refractivity contribution is 5.92. The average molecular weight is 387 g/mol. The summed E-state index contributed by atoms with van der Waals surface area (Å²) < 4.78 is 0. The molecule has 7 nitrogen and oxygen atoms in total. The monoisotopic (exact) mass is 387 g/mol. The fourth-order valence-electron chi connectivity index (χ4n) is 4.51. The first-order chi connectivity index (χ1) is 12.9. The molecular formula is C21H29N3O4. The second-order valence-electron chi connectivity index (χ2n) is 9.63. The average Bonchev–Trinajstić information content (AvgIpc) is 2.95. The maximum Gasteiger partial charge on any atom is 0.326 e. The van der Waals surface area contributed by atoms with Crippen LogP contribution in [0.15, 0.2) is 24.5 Å². The van der Waals surface area contributed by atoms with Gasteiger partial charge >= 0.3 is 5.97 Å². The number of carbonyl (C=O) groups excluding carboxylic acids is 2. The summed E-state index contributed by atoms with van der Waals surface area (Å²) in [7, 11) is 0. The van der Waals surface area contributed by atoms with Gasteiger partial charge in [0.2, 0.25) is 11.8 Å². The molecule has 1 aromatic rings. The van der Waals surface area contributed by atoms with Crippen molar-refractivity contribution in [3.8, 4) is 0 Å². The normalized spacial score (nSPS) is 26.3. The molecule has 152 valence electrons. The maximum atomic E-state index is 13.3. The van der Waals surface area contributed by atoms with Gasteiger partial charge in [0.05, 0.1) is 6.42 Å². The van der Waals surface area contributed by atoms with Gasteiger partial charge in [0, 0.05) is 24.9 Å². The van der Waals surface area contributed by atoms with Gasteiger partial charge in [-0.25, -0.2) is 4.79 Å². The van der Waals surface area contributed by atoms with Crippen LogP contribution >= 0.6 is 0 Å². The molecule has 1 saturated heterocycles. The van der Waals surface area contributed by atoms with Crippen molar-refractivity contribution in [2.24, 2.45) is 22.7 Å². The van der Waals surface area contributed by atoms with E-state index >= 15 is 0 Å². The smallest absolute Gasteiger partial charge is 0.326 e. The van der Waals surface area contributed by atoms with Gasteiger partial charge in [-0.1, -0.05) is 40.7 Å². The van der Waals surface area contributed by atoms with Gasteiger partial charge in [-0.2, -0.15) is 0 Å². The van der Waals surface area contributed by atoms with Crippen molar-refractivity contribution in [3.05, 3.63) is 30.1 Å². The van der Waals surface area contributed by atoms with E-state index in [2.05, 4.69) is 24.1 Å². The summed E-state index contributed by atoms with van der Waals surface area (Å²) in [6.45, 7) is 10.1. The van der Waals surface area contributed by atoms with Gasteiger partial charge in [0.1, 0.15) is 12.1 Å². The zero-order valence-corrected chi connectivity index (χ0v) is 17.1. The molecular weight excluding hydrogens is 358 g/mol. The Balaban J connectivity index is 1.76. The number of hydrogen-bond acceptors (Lipinski definition) is 4. The Morgan fingerprint density at radius 1 is 1.36 bits per heavy atom. The number of nitrogens with one attached hydrogen (secondary N) is 1. The van der Waals surface area contributed by atoms with Crippen LogP contribution in [0.5, 0.6) is 0 Å².